The number of benzene rings is 4. The maximum absolute atomic E-state index is 14.4. The summed E-state index contributed by atoms with van der Waals surface area (Å²) in [5.41, 5.74) is 2.03. The number of nitrogens with zero attached hydrogens (tertiary/aromatic N) is 2. The number of anilines is 1. The number of carbonyl (C=O) groups excluding carboxylic acids is 2. The Morgan fingerprint density at radius 1 is 0.773 bits per heavy atom. The lowest BCUT2D eigenvalue weighted by atomic mass is 10.0. The van der Waals surface area contributed by atoms with Crippen LogP contribution in [0.15, 0.2) is 120 Å². The van der Waals surface area contributed by atoms with E-state index < -0.39 is 28.5 Å². The van der Waals surface area contributed by atoms with E-state index in [4.69, 9.17) is 4.74 Å². The first kappa shape index (κ1) is 32.3. The van der Waals surface area contributed by atoms with Crippen LogP contribution in [0.3, 0.4) is 0 Å². The van der Waals surface area contributed by atoms with E-state index in [0.29, 0.717) is 18.0 Å². The van der Waals surface area contributed by atoms with Crippen molar-refractivity contribution in [2.24, 2.45) is 0 Å². The van der Waals surface area contributed by atoms with E-state index >= 15 is 0 Å². The average Bonchev–Trinajstić information content (AvgIpc) is 3.03. The minimum atomic E-state index is -4.18. The van der Waals surface area contributed by atoms with Gasteiger partial charge in [0.15, 0.2) is 0 Å². The molecule has 0 saturated carbocycles. The summed E-state index contributed by atoms with van der Waals surface area (Å²) in [6.45, 7) is 5.63. The van der Waals surface area contributed by atoms with Gasteiger partial charge < -0.3 is 15.0 Å². The third kappa shape index (κ3) is 8.48. The highest BCUT2D eigenvalue weighted by Gasteiger charge is 2.34. The molecule has 0 radical (unpaired) electrons. The van der Waals surface area contributed by atoms with Crippen molar-refractivity contribution in [3.63, 3.8) is 0 Å². The number of sulfonamides is 1. The third-order valence-electron chi connectivity index (χ3n) is 6.94. The van der Waals surface area contributed by atoms with E-state index in [1.54, 1.807) is 42.5 Å². The number of hydrogen-bond donors (Lipinski definition) is 1. The van der Waals surface area contributed by atoms with Gasteiger partial charge in [-0.1, -0.05) is 78.9 Å². The average molecular weight is 614 g/mol. The van der Waals surface area contributed by atoms with Crippen LogP contribution in [0.4, 0.5) is 5.69 Å². The fourth-order valence-corrected chi connectivity index (χ4v) is 6.25. The summed E-state index contributed by atoms with van der Waals surface area (Å²) in [4.78, 5) is 29.6. The van der Waals surface area contributed by atoms with Gasteiger partial charge in [-0.2, -0.15) is 0 Å². The molecule has 0 unspecified atom stereocenters. The maximum atomic E-state index is 14.4. The quantitative estimate of drug-likeness (QED) is 0.204. The minimum absolute atomic E-state index is 0.0191. The van der Waals surface area contributed by atoms with Crippen molar-refractivity contribution in [3.8, 4) is 5.75 Å². The molecular weight excluding hydrogens is 574 g/mol. The topological polar surface area (TPSA) is 96.0 Å². The normalized spacial score (nSPS) is 11.9. The summed E-state index contributed by atoms with van der Waals surface area (Å²) in [5, 5.41) is 2.96. The molecule has 1 N–H and O–H groups in total. The van der Waals surface area contributed by atoms with Crippen molar-refractivity contribution in [1.29, 1.82) is 0 Å². The van der Waals surface area contributed by atoms with E-state index in [0.717, 1.165) is 15.4 Å². The van der Waals surface area contributed by atoms with Crippen molar-refractivity contribution < 1.29 is 22.7 Å². The first-order chi connectivity index (χ1) is 21.2. The Kier molecular flexibility index (Phi) is 11.2. The molecule has 2 amide bonds. The molecule has 4 aromatic carbocycles. The lowest BCUT2D eigenvalue weighted by Gasteiger charge is -2.34. The van der Waals surface area contributed by atoms with Crippen LogP contribution in [0, 0.1) is 0 Å². The molecule has 0 heterocycles. The number of para-hydroxylation sites is 1. The molecule has 44 heavy (non-hydrogen) atoms. The minimum Gasteiger partial charge on any atom is -0.494 e. The zero-order valence-corrected chi connectivity index (χ0v) is 26.1. The van der Waals surface area contributed by atoms with Gasteiger partial charge in [-0.3, -0.25) is 13.9 Å². The molecule has 0 aromatic heterocycles. The standard InChI is InChI=1S/C35H39N3O5S/c1-4-43-31-20-22-32(23-21-31)44(41,42)38(30-18-12-7-13-19-30)26-34(39)37(25-29-16-10-6-11-17-29)33(35(40)36-27(2)3)24-28-14-8-5-9-15-28/h5-23,27,33H,4,24-26H2,1-3H3,(H,36,40)/t33-/m0/s1. The Labute approximate surface area is 260 Å². The molecule has 1 atom stereocenters. The second-order valence-corrected chi connectivity index (χ2v) is 12.5. The first-order valence-corrected chi connectivity index (χ1v) is 16.1. The van der Waals surface area contributed by atoms with E-state index in [9.17, 15) is 18.0 Å². The predicted octanol–water partition coefficient (Wildman–Crippen LogP) is 5.45. The van der Waals surface area contributed by atoms with Gasteiger partial charge in [-0.05, 0) is 68.3 Å². The highest BCUT2D eigenvalue weighted by atomic mass is 32.2. The molecular formula is C35H39N3O5S. The van der Waals surface area contributed by atoms with Crippen LogP contribution in [0.5, 0.6) is 5.75 Å². The number of ether oxygens (including phenoxy) is 1. The molecule has 0 aliphatic rings. The van der Waals surface area contributed by atoms with Gasteiger partial charge >= 0.3 is 0 Å². The highest BCUT2D eigenvalue weighted by Crippen LogP contribution is 2.26. The molecule has 9 heteroatoms. The van der Waals surface area contributed by atoms with Gasteiger partial charge in [0.25, 0.3) is 10.0 Å². The third-order valence-corrected chi connectivity index (χ3v) is 8.73. The molecule has 0 aliphatic carbocycles. The summed E-state index contributed by atoms with van der Waals surface area (Å²) < 4.78 is 34.8. The monoisotopic (exact) mass is 613 g/mol. The summed E-state index contributed by atoms with van der Waals surface area (Å²) in [6, 6.07) is 32.4. The van der Waals surface area contributed by atoms with Crippen LogP contribution in [0.1, 0.15) is 31.9 Å². The van der Waals surface area contributed by atoms with Crippen LogP contribution in [0.2, 0.25) is 0 Å². The second kappa shape index (κ2) is 15.2. The number of nitrogens with one attached hydrogen (secondary N) is 1. The van der Waals surface area contributed by atoms with Crippen molar-refractivity contribution in [2.45, 2.75) is 50.7 Å². The summed E-state index contributed by atoms with van der Waals surface area (Å²) in [5.74, 6) is -0.274. The zero-order valence-electron chi connectivity index (χ0n) is 25.3. The summed E-state index contributed by atoms with van der Waals surface area (Å²) in [7, 11) is -4.18. The Morgan fingerprint density at radius 2 is 1.32 bits per heavy atom. The van der Waals surface area contributed by atoms with Crippen LogP contribution in [-0.4, -0.2) is 50.4 Å². The zero-order chi connectivity index (χ0) is 31.5. The Morgan fingerprint density at radius 3 is 1.86 bits per heavy atom. The van der Waals surface area contributed by atoms with Gasteiger partial charge in [0.1, 0.15) is 18.3 Å². The molecule has 0 saturated heterocycles. The molecule has 0 fully saturated rings. The van der Waals surface area contributed by atoms with Crippen LogP contribution in [0.25, 0.3) is 0 Å². The molecule has 4 aromatic rings. The Balaban J connectivity index is 1.76. The lowest BCUT2D eigenvalue weighted by Crippen LogP contribution is -2.54. The predicted molar refractivity (Wildman–Crippen MR) is 173 cm³/mol. The molecule has 4 rings (SSSR count). The second-order valence-electron chi connectivity index (χ2n) is 10.6. The van der Waals surface area contributed by atoms with Crippen molar-refractivity contribution in [2.75, 3.05) is 17.5 Å². The smallest absolute Gasteiger partial charge is 0.264 e. The van der Waals surface area contributed by atoms with Crippen LogP contribution < -0.4 is 14.4 Å². The number of rotatable bonds is 14. The fraction of sp³-hybridized carbons (Fsp3) is 0.257. The van der Waals surface area contributed by atoms with Gasteiger partial charge in [-0.25, -0.2) is 8.42 Å². The largest absolute Gasteiger partial charge is 0.494 e. The molecule has 0 bridgehead atoms. The van der Waals surface area contributed by atoms with E-state index in [2.05, 4.69) is 5.32 Å². The number of carbonyl (C=O) groups is 2. The van der Waals surface area contributed by atoms with Crippen LogP contribution >= 0.6 is 0 Å². The maximum Gasteiger partial charge on any atom is 0.264 e. The van der Waals surface area contributed by atoms with Gasteiger partial charge in [0, 0.05) is 19.0 Å². The fourth-order valence-electron chi connectivity index (χ4n) is 4.84. The molecule has 0 spiro atoms. The SMILES string of the molecule is CCOc1ccc(S(=O)(=O)N(CC(=O)N(Cc2ccccc2)[C@@H](Cc2ccccc2)C(=O)NC(C)C)c2ccccc2)cc1. The first-order valence-electron chi connectivity index (χ1n) is 14.7. The van der Waals surface area contributed by atoms with Crippen molar-refractivity contribution >= 4 is 27.5 Å². The lowest BCUT2D eigenvalue weighted by molar-refractivity contribution is -0.140. The van der Waals surface area contributed by atoms with Gasteiger partial charge in [0.2, 0.25) is 11.8 Å². The van der Waals surface area contributed by atoms with E-state index in [1.807, 2.05) is 81.4 Å². The van der Waals surface area contributed by atoms with Gasteiger partial charge in [-0.15, -0.1) is 0 Å². The van der Waals surface area contributed by atoms with E-state index in [1.165, 1.54) is 17.0 Å². The number of hydrogen-bond acceptors (Lipinski definition) is 5. The molecule has 230 valence electrons. The van der Waals surface area contributed by atoms with Crippen LogP contribution in [-0.2, 0) is 32.6 Å². The Hall–Kier alpha value is -4.63. The van der Waals surface area contributed by atoms with Crippen molar-refractivity contribution in [1.82, 2.24) is 10.2 Å². The van der Waals surface area contributed by atoms with E-state index in [-0.39, 0.29) is 29.8 Å². The molecule has 8 nitrogen and oxygen atoms in total. The highest BCUT2D eigenvalue weighted by molar-refractivity contribution is 7.92. The van der Waals surface area contributed by atoms with Gasteiger partial charge in [0.05, 0.1) is 17.2 Å². The Bertz CT molecular complexity index is 1600. The number of amides is 2. The summed E-state index contributed by atoms with van der Waals surface area (Å²) in [6.07, 6.45) is 0.259. The molecule has 0 aliphatic heterocycles. The summed E-state index contributed by atoms with van der Waals surface area (Å²) >= 11 is 0. The van der Waals surface area contributed by atoms with Crippen molar-refractivity contribution in [3.05, 3.63) is 126 Å².